The number of amides is 1. The Balaban J connectivity index is 2.14. The first-order valence-electron chi connectivity index (χ1n) is 7.68. The van der Waals surface area contributed by atoms with Crippen LogP contribution < -0.4 is 9.47 Å². The first kappa shape index (κ1) is 18.3. The van der Waals surface area contributed by atoms with Crippen molar-refractivity contribution < 1.29 is 19.0 Å². The molecule has 0 N–H and O–H groups in total. The molecule has 0 aliphatic rings. The van der Waals surface area contributed by atoms with E-state index in [2.05, 4.69) is 0 Å². The average molecular weight is 349 g/mol. The summed E-state index contributed by atoms with van der Waals surface area (Å²) in [5, 5.41) is 2.01. The lowest BCUT2D eigenvalue weighted by molar-refractivity contribution is -0.131. The number of rotatable bonds is 9. The Bertz CT molecular complexity index is 642. The molecule has 0 saturated carbocycles. The number of thiophene rings is 1. The quantitative estimate of drug-likeness (QED) is 0.698. The molecule has 2 rings (SSSR count). The van der Waals surface area contributed by atoms with E-state index >= 15 is 0 Å². The Labute approximate surface area is 146 Å². The van der Waals surface area contributed by atoms with Gasteiger partial charge in [0.2, 0.25) is 5.91 Å². The molecule has 5 nitrogen and oxygen atoms in total. The maximum absolute atomic E-state index is 12.8. The van der Waals surface area contributed by atoms with Gasteiger partial charge in [-0.3, -0.25) is 4.79 Å². The van der Waals surface area contributed by atoms with Crippen molar-refractivity contribution in [3.8, 4) is 11.5 Å². The van der Waals surface area contributed by atoms with Gasteiger partial charge in [0, 0.05) is 24.1 Å². The molecular weight excluding hydrogens is 326 g/mol. The van der Waals surface area contributed by atoms with Crippen LogP contribution in [0.1, 0.15) is 10.4 Å². The number of hydrogen-bond donors (Lipinski definition) is 0. The van der Waals surface area contributed by atoms with Gasteiger partial charge in [0.15, 0.2) is 0 Å². The van der Waals surface area contributed by atoms with Crippen molar-refractivity contribution in [1.29, 1.82) is 0 Å². The van der Waals surface area contributed by atoms with Gasteiger partial charge in [-0.1, -0.05) is 6.07 Å². The van der Waals surface area contributed by atoms with Crippen molar-refractivity contribution in [3.63, 3.8) is 0 Å². The molecule has 0 atom stereocenters. The number of carbonyl (C=O) groups excluding carboxylic acids is 1. The molecule has 0 radical (unpaired) electrons. The summed E-state index contributed by atoms with van der Waals surface area (Å²) in [5.41, 5.74) is 0.815. The lowest BCUT2D eigenvalue weighted by Gasteiger charge is -2.22. The van der Waals surface area contributed by atoms with E-state index in [4.69, 9.17) is 14.2 Å². The topological polar surface area (TPSA) is 48.0 Å². The zero-order chi connectivity index (χ0) is 17.4. The van der Waals surface area contributed by atoms with Crippen LogP contribution in [0.5, 0.6) is 11.5 Å². The molecule has 1 aromatic carbocycles. The van der Waals surface area contributed by atoms with Crippen molar-refractivity contribution >= 4 is 17.2 Å². The van der Waals surface area contributed by atoms with Crippen LogP contribution >= 0.6 is 11.3 Å². The van der Waals surface area contributed by atoms with Gasteiger partial charge in [-0.05, 0) is 29.6 Å². The average Bonchev–Trinajstić information content (AvgIpc) is 3.11. The summed E-state index contributed by atoms with van der Waals surface area (Å²) in [7, 11) is 4.85. The van der Waals surface area contributed by atoms with Crippen molar-refractivity contribution in [1.82, 2.24) is 4.90 Å². The zero-order valence-corrected chi connectivity index (χ0v) is 15.1. The van der Waals surface area contributed by atoms with Crippen LogP contribution in [0.4, 0.5) is 0 Å². The highest BCUT2D eigenvalue weighted by Crippen LogP contribution is 2.25. The van der Waals surface area contributed by atoms with Gasteiger partial charge in [-0.15, -0.1) is 11.3 Å². The van der Waals surface area contributed by atoms with E-state index in [9.17, 15) is 4.79 Å². The van der Waals surface area contributed by atoms with Gasteiger partial charge in [-0.2, -0.15) is 0 Å². The Morgan fingerprint density at radius 2 is 2.00 bits per heavy atom. The van der Waals surface area contributed by atoms with Gasteiger partial charge in [0.25, 0.3) is 0 Å². The maximum Gasteiger partial charge on any atom is 0.227 e. The van der Waals surface area contributed by atoms with Crippen LogP contribution in [0.15, 0.2) is 35.7 Å². The Morgan fingerprint density at radius 3 is 2.62 bits per heavy atom. The summed E-state index contributed by atoms with van der Waals surface area (Å²) < 4.78 is 15.7. The first-order valence-corrected chi connectivity index (χ1v) is 8.56. The summed E-state index contributed by atoms with van der Waals surface area (Å²) in [6.45, 7) is 1.65. The van der Waals surface area contributed by atoms with Crippen LogP contribution in [-0.2, 0) is 22.5 Å². The molecule has 24 heavy (non-hydrogen) atoms. The molecule has 1 aromatic heterocycles. The summed E-state index contributed by atoms with van der Waals surface area (Å²) in [5.74, 6) is 1.43. The lowest BCUT2D eigenvalue weighted by atomic mass is 10.1. The summed E-state index contributed by atoms with van der Waals surface area (Å²) in [6, 6.07) is 9.51. The van der Waals surface area contributed by atoms with E-state index in [-0.39, 0.29) is 12.3 Å². The number of nitrogens with zero attached hydrogens (tertiary/aromatic N) is 1. The zero-order valence-electron chi connectivity index (χ0n) is 14.3. The molecule has 0 unspecified atom stereocenters. The van der Waals surface area contributed by atoms with E-state index in [1.54, 1.807) is 32.7 Å². The normalized spacial score (nSPS) is 10.5. The van der Waals surface area contributed by atoms with E-state index < -0.39 is 0 Å². The number of methoxy groups -OCH3 is 3. The number of ether oxygens (including phenoxy) is 3. The fourth-order valence-corrected chi connectivity index (χ4v) is 3.10. The predicted molar refractivity (Wildman–Crippen MR) is 94.9 cm³/mol. The highest BCUT2D eigenvalue weighted by molar-refractivity contribution is 7.09. The van der Waals surface area contributed by atoms with Crippen LogP contribution in [0, 0.1) is 0 Å². The van der Waals surface area contributed by atoms with Crippen LogP contribution in [-0.4, -0.2) is 45.3 Å². The second kappa shape index (κ2) is 9.30. The summed E-state index contributed by atoms with van der Waals surface area (Å²) in [6.07, 6.45) is 0.259. The van der Waals surface area contributed by atoms with Gasteiger partial charge in [-0.25, -0.2) is 0 Å². The molecule has 0 spiro atoms. The van der Waals surface area contributed by atoms with Gasteiger partial charge >= 0.3 is 0 Å². The maximum atomic E-state index is 12.8. The van der Waals surface area contributed by atoms with E-state index in [1.807, 2.05) is 40.6 Å². The molecule has 1 heterocycles. The molecule has 0 saturated heterocycles. The molecule has 2 aromatic rings. The minimum Gasteiger partial charge on any atom is -0.497 e. The minimum atomic E-state index is 0.0343. The van der Waals surface area contributed by atoms with Crippen LogP contribution in [0.2, 0.25) is 0 Å². The Hall–Kier alpha value is -2.05. The number of benzene rings is 1. The molecule has 0 fully saturated rings. The van der Waals surface area contributed by atoms with Crippen molar-refractivity contribution in [2.75, 3.05) is 34.5 Å². The molecular formula is C18H23NO4S. The number of hydrogen-bond acceptors (Lipinski definition) is 5. The van der Waals surface area contributed by atoms with E-state index in [0.717, 1.165) is 10.4 Å². The van der Waals surface area contributed by atoms with Gasteiger partial charge < -0.3 is 19.1 Å². The van der Waals surface area contributed by atoms with Crippen molar-refractivity contribution in [2.24, 2.45) is 0 Å². The summed E-state index contributed by atoms with van der Waals surface area (Å²) in [4.78, 5) is 15.8. The predicted octanol–water partition coefficient (Wildman–Crippen LogP) is 2.98. The summed E-state index contributed by atoms with van der Waals surface area (Å²) >= 11 is 1.64. The monoisotopic (exact) mass is 349 g/mol. The molecule has 0 aliphatic carbocycles. The smallest absolute Gasteiger partial charge is 0.227 e. The molecule has 0 aliphatic heterocycles. The van der Waals surface area contributed by atoms with Crippen LogP contribution in [0.3, 0.4) is 0 Å². The molecule has 6 heteroatoms. The fourth-order valence-electron chi connectivity index (χ4n) is 2.38. The standard InChI is InChI=1S/C18H23NO4S/c1-21-9-8-19(13-16-5-4-10-24-16)18(20)12-14-11-15(22-2)6-7-17(14)23-3/h4-7,10-11H,8-9,12-13H2,1-3H3. The largest absolute Gasteiger partial charge is 0.497 e. The van der Waals surface area contributed by atoms with E-state index in [1.165, 1.54) is 0 Å². The minimum absolute atomic E-state index is 0.0343. The molecule has 1 amide bonds. The Kier molecular flexibility index (Phi) is 7.08. The third kappa shape index (κ3) is 4.97. The first-order chi connectivity index (χ1) is 11.7. The SMILES string of the molecule is COCCN(Cc1cccs1)C(=O)Cc1cc(OC)ccc1OC. The molecule has 0 bridgehead atoms. The lowest BCUT2D eigenvalue weighted by Crippen LogP contribution is -2.34. The second-order valence-electron chi connectivity index (χ2n) is 5.24. The second-order valence-corrected chi connectivity index (χ2v) is 6.27. The van der Waals surface area contributed by atoms with Crippen molar-refractivity contribution in [3.05, 3.63) is 46.2 Å². The van der Waals surface area contributed by atoms with E-state index in [0.29, 0.717) is 31.2 Å². The Morgan fingerprint density at radius 1 is 1.17 bits per heavy atom. The number of carbonyl (C=O) groups is 1. The molecule has 130 valence electrons. The fraction of sp³-hybridized carbons (Fsp3) is 0.389. The van der Waals surface area contributed by atoms with Gasteiger partial charge in [0.1, 0.15) is 11.5 Å². The van der Waals surface area contributed by atoms with Gasteiger partial charge in [0.05, 0.1) is 33.8 Å². The third-order valence-corrected chi connectivity index (χ3v) is 4.54. The van der Waals surface area contributed by atoms with Crippen LogP contribution in [0.25, 0.3) is 0 Å². The third-order valence-electron chi connectivity index (χ3n) is 3.67. The highest BCUT2D eigenvalue weighted by Gasteiger charge is 2.17. The van der Waals surface area contributed by atoms with Crippen molar-refractivity contribution in [2.45, 2.75) is 13.0 Å². The highest BCUT2D eigenvalue weighted by atomic mass is 32.1.